The van der Waals surface area contributed by atoms with Gasteiger partial charge in [0, 0.05) is 0 Å². The van der Waals surface area contributed by atoms with Crippen molar-refractivity contribution in [2.75, 3.05) is 23.8 Å². The molecule has 20 heavy (non-hydrogen) atoms. The van der Waals surface area contributed by atoms with Gasteiger partial charge in [0.25, 0.3) is 0 Å². The summed E-state index contributed by atoms with van der Waals surface area (Å²) in [6.07, 6.45) is -3.68. The van der Waals surface area contributed by atoms with E-state index in [4.69, 9.17) is 27.4 Å². The fourth-order valence-corrected chi connectivity index (χ4v) is 0.822. The molecule has 0 aliphatic rings. The Morgan fingerprint density at radius 3 is 1.75 bits per heavy atom. The number of hydrogen-bond acceptors (Lipinski definition) is 10. The van der Waals surface area contributed by atoms with Gasteiger partial charge in [0.1, 0.15) is 12.7 Å². The Morgan fingerprint density at radius 1 is 1.05 bits per heavy atom. The van der Waals surface area contributed by atoms with Crippen LogP contribution in [0.1, 0.15) is 6.92 Å². The molecule has 0 radical (unpaired) electrons. The molecule has 0 saturated heterocycles. The summed E-state index contributed by atoms with van der Waals surface area (Å²) in [5.41, 5.74) is 15.4. The maximum absolute atomic E-state index is 9.83. The highest BCUT2D eigenvalue weighted by Gasteiger charge is 2.09. The molecule has 1 rings (SSSR count). The van der Waals surface area contributed by atoms with E-state index >= 15 is 0 Å². The van der Waals surface area contributed by atoms with Crippen LogP contribution in [0.3, 0.4) is 0 Å². The van der Waals surface area contributed by atoms with Gasteiger partial charge in [-0.3, -0.25) is 0 Å². The van der Waals surface area contributed by atoms with Crippen LogP contribution in [-0.2, 0) is 9.47 Å². The van der Waals surface area contributed by atoms with E-state index in [-0.39, 0.29) is 24.5 Å². The molecule has 8 N–H and O–H groups in total. The molecule has 1 unspecified atom stereocenters. The summed E-state index contributed by atoms with van der Waals surface area (Å²) in [4.78, 5) is 30.1. The molecule has 1 atom stereocenters. The molecule has 0 saturated carbocycles. The average Bonchev–Trinajstić information content (AvgIpc) is 2.24. The lowest BCUT2D eigenvalue weighted by Gasteiger charge is -2.08. The molecule has 112 valence electrons. The minimum atomic E-state index is -1.45. The Balaban J connectivity index is 0.000000367. The van der Waals surface area contributed by atoms with Crippen molar-refractivity contribution in [1.82, 2.24) is 15.0 Å². The summed E-state index contributed by atoms with van der Waals surface area (Å²) in [5.74, 6) is 0.125. The molecule has 0 aliphatic heterocycles. The normalized spacial score (nSPS) is 10.7. The van der Waals surface area contributed by atoms with Crippen LogP contribution >= 0.6 is 0 Å². The maximum Gasteiger partial charge on any atom is 0.506 e. The number of aromatic nitrogens is 3. The highest BCUT2D eigenvalue weighted by atomic mass is 16.7. The fourth-order valence-electron chi connectivity index (χ4n) is 0.822. The summed E-state index contributed by atoms with van der Waals surface area (Å²) in [6.45, 7) is 1.10. The summed E-state index contributed by atoms with van der Waals surface area (Å²) in [7, 11) is 0. The lowest BCUT2D eigenvalue weighted by atomic mass is 10.4. The van der Waals surface area contributed by atoms with Crippen molar-refractivity contribution in [3.63, 3.8) is 0 Å². The number of hydrogen-bond donors (Lipinski definition) is 5. The molecule has 0 amide bonds. The van der Waals surface area contributed by atoms with Crippen LogP contribution in [0.25, 0.3) is 0 Å². The van der Waals surface area contributed by atoms with E-state index in [0.717, 1.165) is 0 Å². The molecule has 0 spiro atoms. The van der Waals surface area contributed by atoms with Crippen molar-refractivity contribution < 1.29 is 29.3 Å². The molecular weight excluding hydrogens is 276 g/mol. The molecule has 1 aromatic heterocycles. The second-order valence-corrected chi connectivity index (χ2v) is 3.18. The summed E-state index contributed by atoms with van der Waals surface area (Å²) in [6, 6.07) is 0. The van der Waals surface area contributed by atoms with Gasteiger partial charge in [0.2, 0.25) is 17.8 Å². The highest BCUT2D eigenvalue weighted by molar-refractivity contribution is 5.58. The molecular formula is C8H14N6O6. The van der Waals surface area contributed by atoms with Crippen LogP contribution in [0.2, 0.25) is 0 Å². The molecule has 1 heterocycles. The number of rotatable bonds is 3. The lowest BCUT2D eigenvalue weighted by Crippen LogP contribution is -2.20. The predicted octanol–water partition coefficient (Wildman–Crippen LogP) is -0.618. The molecule has 1 aromatic rings. The Hall–Kier alpha value is -3.05. The van der Waals surface area contributed by atoms with Crippen molar-refractivity contribution in [2.45, 2.75) is 13.0 Å². The zero-order valence-electron chi connectivity index (χ0n) is 10.4. The number of nitrogens with two attached hydrogens (primary N) is 3. The van der Waals surface area contributed by atoms with Crippen molar-refractivity contribution >= 4 is 30.2 Å². The number of ether oxygens (including phenoxy) is 2. The topological polar surface area (TPSA) is 210 Å². The SMILES string of the molecule is CC(COC(=O)O)OC(=O)O.Nc1nc(N)nc(N)n1. The summed E-state index contributed by atoms with van der Waals surface area (Å²) >= 11 is 0. The number of nitrogens with zero attached hydrogens (tertiary/aromatic N) is 3. The van der Waals surface area contributed by atoms with E-state index in [1.165, 1.54) is 6.92 Å². The monoisotopic (exact) mass is 290 g/mol. The van der Waals surface area contributed by atoms with Crippen molar-refractivity contribution in [3.8, 4) is 0 Å². The average molecular weight is 290 g/mol. The van der Waals surface area contributed by atoms with Gasteiger partial charge in [0.05, 0.1) is 0 Å². The Kier molecular flexibility index (Phi) is 6.88. The van der Waals surface area contributed by atoms with E-state index < -0.39 is 18.4 Å². The first-order valence-corrected chi connectivity index (χ1v) is 4.98. The Labute approximate surface area is 112 Å². The third-order valence-corrected chi connectivity index (χ3v) is 1.43. The molecule has 0 aliphatic carbocycles. The maximum atomic E-state index is 9.83. The zero-order valence-corrected chi connectivity index (χ0v) is 10.4. The van der Waals surface area contributed by atoms with Gasteiger partial charge in [0.15, 0.2) is 0 Å². The summed E-state index contributed by atoms with van der Waals surface area (Å²) < 4.78 is 8.16. The molecule has 0 aromatic carbocycles. The second-order valence-electron chi connectivity index (χ2n) is 3.18. The van der Waals surface area contributed by atoms with E-state index in [9.17, 15) is 9.59 Å². The molecule has 12 heteroatoms. The number of anilines is 3. The number of nitrogen functional groups attached to an aromatic ring is 3. The zero-order chi connectivity index (χ0) is 15.7. The van der Waals surface area contributed by atoms with Gasteiger partial charge in [-0.2, -0.15) is 15.0 Å². The third kappa shape index (κ3) is 9.03. The van der Waals surface area contributed by atoms with Crippen LogP contribution in [0.5, 0.6) is 0 Å². The third-order valence-electron chi connectivity index (χ3n) is 1.43. The number of carboxylic acid groups (broad SMARTS) is 2. The summed E-state index contributed by atoms with van der Waals surface area (Å²) in [5, 5.41) is 16.0. The van der Waals surface area contributed by atoms with Crippen LogP contribution in [0.4, 0.5) is 27.4 Å². The van der Waals surface area contributed by atoms with E-state index in [1.54, 1.807) is 0 Å². The molecule has 0 fully saturated rings. The molecule has 0 bridgehead atoms. The minimum Gasteiger partial charge on any atom is -0.450 e. The van der Waals surface area contributed by atoms with Gasteiger partial charge in [-0.25, -0.2) is 9.59 Å². The highest BCUT2D eigenvalue weighted by Crippen LogP contribution is 1.97. The van der Waals surface area contributed by atoms with E-state index in [1.807, 2.05) is 0 Å². The van der Waals surface area contributed by atoms with E-state index in [0.29, 0.717) is 0 Å². The fraction of sp³-hybridized carbons (Fsp3) is 0.375. The lowest BCUT2D eigenvalue weighted by molar-refractivity contribution is 0.0122. The van der Waals surface area contributed by atoms with Gasteiger partial charge in [-0.1, -0.05) is 0 Å². The molecule has 12 nitrogen and oxygen atoms in total. The van der Waals surface area contributed by atoms with Crippen LogP contribution in [0.15, 0.2) is 0 Å². The van der Waals surface area contributed by atoms with Crippen LogP contribution in [-0.4, -0.2) is 50.2 Å². The first kappa shape index (κ1) is 16.9. The first-order valence-electron chi connectivity index (χ1n) is 4.98. The van der Waals surface area contributed by atoms with Gasteiger partial charge in [-0.15, -0.1) is 0 Å². The number of carbonyl (C=O) groups is 2. The van der Waals surface area contributed by atoms with Crippen LogP contribution in [0, 0.1) is 0 Å². The van der Waals surface area contributed by atoms with Gasteiger partial charge >= 0.3 is 12.3 Å². The Bertz CT molecular complexity index is 418. The standard InChI is InChI=1S/C5H8O6.C3H6N6/c1-3(11-5(8)9)2-10-4(6)7;4-1-7-2(5)9-3(6)8-1/h3H,2H2,1H3,(H,6,7)(H,8,9);(H6,4,5,6,7,8,9). The van der Waals surface area contributed by atoms with Crippen molar-refractivity contribution in [1.29, 1.82) is 0 Å². The van der Waals surface area contributed by atoms with Crippen molar-refractivity contribution in [3.05, 3.63) is 0 Å². The van der Waals surface area contributed by atoms with Gasteiger partial charge < -0.3 is 36.9 Å². The quantitative estimate of drug-likeness (QED) is 0.441. The van der Waals surface area contributed by atoms with Crippen molar-refractivity contribution in [2.24, 2.45) is 0 Å². The van der Waals surface area contributed by atoms with Gasteiger partial charge in [-0.05, 0) is 6.92 Å². The second kappa shape index (κ2) is 8.12. The largest absolute Gasteiger partial charge is 0.506 e. The minimum absolute atomic E-state index is 0.0417. The Morgan fingerprint density at radius 2 is 1.45 bits per heavy atom. The smallest absolute Gasteiger partial charge is 0.450 e. The van der Waals surface area contributed by atoms with E-state index in [2.05, 4.69) is 24.4 Å². The predicted molar refractivity (Wildman–Crippen MR) is 65.6 cm³/mol. The first-order chi connectivity index (χ1) is 9.20. The van der Waals surface area contributed by atoms with Crippen LogP contribution < -0.4 is 17.2 Å².